The van der Waals surface area contributed by atoms with Crippen LogP contribution in [-0.2, 0) is 0 Å². The molecule has 1 aromatic heterocycles. The van der Waals surface area contributed by atoms with Crippen molar-refractivity contribution in [3.63, 3.8) is 0 Å². The Bertz CT molecular complexity index is 1240. The molecule has 7 heteroatoms. The maximum atomic E-state index is 14.6. The third-order valence-electron chi connectivity index (χ3n) is 5.33. The van der Waals surface area contributed by atoms with E-state index in [1.807, 2.05) is 6.07 Å². The van der Waals surface area contributed by atoms with Crippen molar-refractivity contribution in [2.45, 2.75) is 25.7 Å². The van der Waals surface area contributed by atoms with Crippen molar-refractivity contribution in [3.05, 3.63) is 87.0 Å². The van der Waals surface area contributed by atoms with Crippen LogP contribution in [0.2, 0.25) is 0 Å². The van der Waals surface area contributed by atoms with Gasteiger partial charge in [-0.2, -0.15) is 5.26 Å². The minimum absolute atomic E-state index is 0.00980. The third-order valence-corrected chi connectivity index (χ3v) is 5.33. The number of aromatic nitrogens is 2. The van der Waals surface area contributed by atoms with Gasteiger partial charge in [0.05, 0.1) is 23.2 Å². The Kier molecular flexibility index (Phi) is 5.00. The van der Waals surface area contributed by atoms with E-state index in [-0.39, 0.29) is 23.0 Å². The number of hydrogen-bond donors (Lipinski definition) is 2. The monoisotopic (exact) mass is 404 g/mol. The fourth-order valence-electron chi connectivity index (χ4n) is 3.50. The van der Waals surface area contributed by atoms with Gasteiger partial charge in [0.1, 0.15) is 17.5 Å². The molecule has 2 N–H and O–H groups in total. The molecule has 0 bridgehead atoms. The molecule has 5 nitrogen and oxygen atoms in total. The molecule has 0 saturated heterocycles. The molecule has 0 radical (unpaired) electrons. The molecule has 3 aromatic rings. The first kappa shape index (κ1) is 19.6. The molecule has 0 amide bonds. The summed E-state index contributed by atoms with van der Waals surface area (Å²) in [4.78, 5) is 20.0. The summed E-state index contributed by atoms with van der Waals surface area (Å²) in [5.74, 6) is -2.27. The molecule has 0 aliphatic heterocycles. The summed E-state index contributed by atoms with van der Waals surface area (Å²) < 4.78 is 28.1. The van der Waals surface area contributed by atoms with Gasteiger partial charge in [0.2, 0.25) is 0 Å². The molecule has 2 aromatic carbocycles. The first-order chi connectivity index (χ1) is 14.4. The maximum absolute atomic E-state index is 14.6. The van der Waals surface area contributed by atoms with Crippen molar-refractivity contribution in [3.8, 4) is 17.3 Å². The Labute approximate surface area is 171 Å². The van der Waals surface area contributed by atoms with Crippen LogP contribution < -0.4 is 5.56 Å². The number of nitrogens with zero attached hydrogens (tertiary/aromatic N) is 2. The van der Waals surface area contributed by atoms with E-state index in [2.05, 4.69) is 9.97 Å². The number of hydrogen-bond acceptors (Lipinski definition) is 4. The molecule has 1 atom stereocenters. The lowest BCUT2D eigenvalue weighted by atomic mass is 9.89. The summed E-state index contributed by atoms with van der Waals surface area (Å²) in [6.07, 6.45) is 1.63. The van der Waals surface area contributed by atoms with E-state index in [4.69, 9.17) is 10.7 Å². The van der Waals surface area contributed by atoms with Crippen molar-refractivity contribution < 1.29 is 8.78 Å². The van der Waals surface area contributed by atoms with Crippen LogP contribution in [0.3, 0.4) is 0 Å². The Hall–Kier alpha value is -3.66. The van der Waals surface area contributed by atoms with Gasteiger partial charge in [0, 0.05) is 28.5 Å². The lowest BCUT2D eigenvalue weighted by molar-refractivity contribution is 0.570. The van der Waals surface area contributed by atoms with Gasteiger partial charge < -0.3 is 10.4 Å². The number of nitrogens with one attached hydrogen (secondary N) is 2. The highest BCUT2D eigenvalue weighted by atomic mass is 19.1. The first-order valence-corrected chi connectivity index (χ1v) is 9.53. The molecule has 4 rings (SSSR count). The van der Waals surface area contributed by atoms with E-state index in [0.29, 0.717) is 22.4 Å². The topological polar surface area (TPSA) is 93.4 Å². The van der Waals surface area contributed by atoms with Gasteiger partial charge in [0.25, 0.3) is 5.56 Å². The lowest BCUT2D eigenvalue weighted by Gasteiger charge is -2.20. The predicted molar refractivity (Wildman–Crippen MR) is 108 cm³/mol. The Morgan fingerprint density at radius 3 is 2.53 bits per heavy atom. The van der Waals surface area contributed by atoms with Crippen LogP contribution in [0.15, 0.2) is 47.3 Å². The second-order valence-corrected chi connectivity index (χ2v) is 7.44. The van der Waals surface area contributed by atoms with Crippen molar-refractivity contribution in [1.29, 1.82) is 10.7 Å². The van der Waals surface area contributed by atoms with E-state index >= 15 is 0 Å². The molecule has 1 unspecified atom stereocenters. The molecule has 1 aliphatic carbocycles. The van der Waals surface area contributed by atoms with E-state index in [9.17, 15) is 13.6 Å². The number of rotatable bonds is 5. The van der Waals surface area contributed by atoms with Crippen molar-refractivity contribution in [2.24, 2.45) is 5.92 Å². The van der Waals surface area contributed by atoms with Gasteiger partial charge in [-0.15, -0.1) is 0 Å². The zero-order chi connectivity index (χ0) is 21.4. The van der Waals surface area contributed by atoms with Gasteiger partial charge in [-0.05, 0) is 43.9 Å². The maximum Gasteiger partial charge on any atom is 0.254 e. The van der Waals surface area contributed by atoms with Crippen LogP contribution in [0, 0.1) is 41.2 Å². The summed E-state index contributed by atoms with van der Waals surface area (Å²) in [6.45, 7) is 1.63. The van der Waals surface area contributed by atoms with Gasteiger partial charge in [-0.1, -0.05) is 18.2 Å². The highest BCUT2D eigenvalue weighted by molar-refractivity contribution is 5.94. The molecular weight excluding hydrogens is 386 g/mol. The van der Waals surface area contributed by atoms with Crippen molar-refractivity contribution >= 4 is 5.71 Å². The summed E-state index contributed by atoms with van der Waals surface area (Å²) in [5, 5.41) is 17.6. The van der Waals surface area contributed by atoms with Crippen molar-refractivity contribution in [2.75, 3.05) is 0 Å². The van der Waals surface area contributed by atoms with E-state index in [1.54, 1.807) is 31.2 Å². The molecule has 1 heterocycles. The first-order valence-electron chi connectivity index (χ1n) is 9.53. The number of H-pyrrole nitrogens is 1. The van der Waals surface area contributed by atoms with Crippen LogP contribution in [0.4, 0.5) is 8.78 Å². The lowest BCUT2D eigenvalue weighted by Crippen LogP contribution is -2.24. The number of aromatic amines is 1. The standard InChI is InChI=1S/C23H18F2N4O/c1-12-21(15-4-2-13(11-26)3-5-15)28-22(29-23(12)30)19(20(27)14-6-7-14)17-9-8-16(24)10-18(17)25/h2-5,8-10,14,19,27H,6-7H2,1H3,(H,28,29,30). The summed E-state index contributed by atoms with van der Waals surface area (Å²) in [7, 11) is 0. The number of nitriles is 1. The van der Waals surface area contributed by atoms with E-state index < -0.39 is 23.1 Å². The second-order valence-electron chi connectivity index (χ2n) is 7.44. The quantitative estimate of drug-likeness (QED) is 0.615. The number of benzene rings is 2. The predicted octanol–water partition coefficient (Wildman–Crippen LogP) is 4.46. The molecule has 150 valence electrons. The van der Waals surface area contributed by atoms with Crippen LogP contribution in [0.5, 0.6) is 0 Å². The average Bonchev–Trinajstić information content (AvgIpc) is 3.57. The fraction of sp³-hybridized carbons (Fsp3) is 0.217. The van der Waals surface area contributed by atoms with E-state index in [0.717, 1.165) is 25.0 Å². The highest BCUT2D eigenvalue weighted by Gasteiger charge is 2.36. The number of halogens is 2. The highest BCUT2D eigenvalue weighted by Crippen LogP contribution is 2.39. The van der Waals surface area contributed by atoms with Crippen LogP contribution in [-0.4, -0.2) is 15.7 Å². The van der Waals surface area contributed by atoms with Gasteiger partial charge in [-0.25, -0.2) is 13.8 Å². The molecule has 0 spiro atoms. The minimum Gasteiger partial charge on any atom is -0.309 e. The molecular formula is C23H18F2N4O. The van der Waals surface area contributed by atoms with Crippen LogP contribution in [0.25, 0.3) is 11.3 Å². The Morgan fingerprint density at radius 1 is 1.23 bits per heavy atom. The Morgan fingerprint density at radius 2 is 1.93 bits per heavy atom. The molecule has 1 fully saturated rings. The minimum atomic E-state index is -0.913. The molecule has 30 heavy (non-hydrogen) atoms. The van der Waals surface area contributed by atoms with Crippen LogP contribution >= 0.6 is 0 Å². The normalized spacial score (nSPS) is 14.2. The van der Waals surface area contributed by atoms with Gasteiger partial charge in [-0.3, -0.25) is 4.79 Å². The van der Waals surface area contributed by atoms with E-state index in [1.165, 1.54) is 6.07 Å². The van der Waals surface area contributed by atoms with Crippen LogP contribution in [0.1, 0.15) is 41.3 Å². The van der Waals surface area contributed by atoms with Gasteiger partial charge >= 0.3 is 0 Å². The largest absolute Gasteiger partial charge is 0.309 e. The summed E-state index contributed by atoms with van der Waals surface area (Å²) in [6, 6.07) is 11.9. The Balaban J connectivity index is 1.88. The third kappa shape index (κ3) is 3.64. The molecule has 1 saturated carbocycles. The summed E-state index contributed by atoms with van der Waals surface area (Å²) >= 11 is 0. The summed E-state index contributed by atoms with van der Waals surface area (Å²) in [5.41, 5.74) is 1.84. The average molecular weight is 404 g/mol. The molecule has 1 aliphatic rings. The zero-order valence-electron chi connectivity index (χ0n) is 16.2. The van der Waals surface area contributed by atoms with Crippen molar-refractivity contribution in [1.82, 2.24) is 9.97 Å². The zero-order valence-corrected chi connectivity index (χ0v) is 16.2. The second kappa shape index (κ2) is 7.64. The smallest absolute Gasteiger partial charge is 0.254 e. The van der Waals surface area contributed by atoms with Gasteiger partial charge in [0.15, 0.2) is 0 Å². The SMILES string of the molecule is Cc1c(-c2ccc(C#N)cc2)nc(C(C(=N)C2CC2)c2ccc(F)cc2F)[nH]c1=O. The fourth-order valence-corrected chi connectivity index (χ4v) is 3.50.